The number of benzene rings is 2. The standard InChI is InChI=1S/C23H21N3OS/c1-2-4-18-17(3-1)21(9-10-24-18)27-16-7-8-19-22(13-16)28-23(25-19)26-20-12-14-5-6-15(20)11-14/h1-4,7-10,13-15,20H,5-6,11-12H2,(H,25,26)/t14-,15+,20+/m0/s1. The van der Waals surface area contributed by atoms with Gasteiger partial charge in [0.25, 0.3) is 0 Å². The Hall–Kier alpha value is -2.66. The fourth-order valence-corrected chi connectivity index (χ4v) is 5.85. The van der Waals surface area contributed by atoms with Gasteiger partial charge in [-0.25, -0.2) is 4.98 Å². The van der Waals surface area contributed by atoms with Crippen molar-refractivity contribution in [3.05, 3.63) is 54.7 Å². The number of hydrogen-bond donors (Lipinski definition) is 1. The molecule has 0 unspecified atom stereocenters. The number of para-hydroxylation sites is 1. The summed E-state index contributed by atoms with van der Waals surface area (Å²) in [6.45, 7) is 0. The molecule has 2 aliphatic rings. The summed E-state index contributed by atoms with van der Waals surface area (Å²) in [7, 11) is 0. The van der Waals surface area contributed by atoms with Crippen LogP contribution in [-0.4, -0.2) is 16.0 Å². The Balaban J connectivity index is 1.27. The molecule has 6 rings (SSSR count). The molecule has 2 aromatic carbocycles. The lowest BCUT2D eigenvalue weighted by atomic mass is 9.96. The molecule has 0 amide bonds. The molecule has 28 heavy (non-hydrogen) atoms. The molecular formula is C23H21N3OS. The number of ether oxygens (including phenoxy) is 1. The quantitative estimate of drug-likeness (QED) is 0.450. The number of thiazole rings is 1. The number of aromatic nitrogens is 2. The molecule has 0 spiro atoms. The molecule has 1 N–H and O–H groups in total. The highest BCUT2D eigenvalue weighted by Crippen LogP contribution is 2.46. The van der Waals surface area contributed by atoms with Crippen molar-refractivity contribution < 1.29 is 4.74 Å². The number of pyridine rings is 1. The molecule has 2 fully saturated rings. The Bertz CT molecular complexity index is 1170. The van der Waals surface area contributed by atoms with Gasteiger partial charge in [-0.3, -0.25) is 4.98 Å². The van der Waals surface area contributed by atoms with Crippen LogP contribution < -0.4 is 10.1 Å². The predicted molar refractivity (Wildman–Crippen MR) is 114 cm³/mol. The van der Waals surface area contributed by atoms with E-state index < -0.39 is 0 Å². The SMILES string of the molecule is c1ccc2c(Oc3ccc4nc(N[C@@H]5C[C@H]6CC[C@@H]5C6)sc4c3)ccnc2c1. The first-order valence-electron chi connectivity index (χ1n) is 10.0. The minimum Gasteiger partial charge on any atom is -0.457 e. The molecule has 4 nitrogen and oxygen atoms in total. The molecule has 2 heterocycles. The molecule has 2 aromatic heterocycles. The van der Waals surface area contributed by atoms with Crippen molar-refractivity contribution in [1.82, 2.24) is 9.97 Å². The van der Waals surface area contributed by atoms with E-state index >= 15 is 0 Å². The van der Waals surface area contributed by atoms with Crippen molar-refractivity contribution in [2.45, 2.75) is 31.7 Å². The van der Waals surface area contributed by atoms with Crippen LogP contribution in [0.5, 0.6) is 11.5 Å². The van der Waals surface area contributed by atoms with Gasteiger partial charge in [-0.2, -0.15) is 0 Å². The maximum atomic E-state index is 6.20. The van der Waals surface area contributed by atoms with E-state index in [0.29, 0.717) is 6.04 Å². The Labute approximate surface area is 167 Å². The highest BCUT2D eigenvalue weighted by molar-refractivity contribution is 7.22. The van der Waals surface area contributed by atoms with Crippen LogP contribution in [0.3, 0.4) is 0 Å². The largest absolute Gasteiger partial charge is 0.457 e. The van der Waals surface area contributed by atoms with E-state index in [-0.39, 0.29) is 0 Å². The van der Waals surface area contributed by atoms with Crippen molar-refractivity contribution in [3.63, 3.8) is 0 Å². The maximum Gasteiger partial charge on any atom is 0.184 e. The summed E-state index contributed by atoms with van der Waals surface area (Å²) in [5.41, 5.74) is 1.97. The van der Waals surface area contributed by atoms with E-state index in [9.17, 15) is 0 Å². The lowest BCUT2D eigenvalue weighted by Gasteiger charge is -2.22. The summed E-state index contributed by atoms with van der Waals surface area (Å²) in [5, 5.41) is 5.78. The van der Waals surface area contributed by atoms with Gasteiger partial charge in [0.1, 0.15) is 11.5 Å². The molecular weight excluding hydrogens is 366 g/mol. The molecule has 5 heteroatoms. The van der Waals surface area contributed by atoms with Gasteiger partial charge in [-0.15, -0.1) is 0 Å². The molecule has 2 bridgehead atoms. The molecule has 2 aliphatic carbocycles. The highest BCUT2D eigenvalue weighted by atomic mass is 32.1. The van der Waals surface area contributed by atoms with Gasteiger partial charge in [-0.05, 0) is 61.4 Å². The topological polar surface area (TPSA) is 47.0 Å². The van der Waals surface area contributed by atoms with Crippen molar-refractivity contribution in [2.24, 2.45) is 11.8 Å². The second-order valence-electron chi connectivity index (χ2n) is 8.00. The lowest BCUT2D eigenvalue weighted by molar-refractivity contribution is 0.439. The first-order chi connectivity index (χ1) is 13.8. The third-order valence-corrected chi connectivity index (χ3v) is 7.19. The van der Waals surface area contributed by atoms with E-state index in [1.165, 1.54) is 25.7 Å². The van der Waals surface area contributed by atoms with E-state index in [2.05, 4.69) is 22.4 Å². The van der Waals surface area contributed by atoms with E-state index in [4.69, 9.17) is 9.72 Å². The molecule has 0 radical (unpaired) electrons. The van der Waals surface area contributed by atoms with Crippen LogP contribution in [-0.2, 0) is 0 Å². The Morgan fingerprint density at radius 1 is 1.00 bits per heavy atom. The summed E-state index contributed by atoms with van der Waals surface area (Å²) in [5.74, 6) is 3.44. The summed E-state index contributed by atoms with van der Waals surface area (Å²) in [4.78, 5) is 9.21. The molecule has 2 saturated carbocycles. The van der Waals surface area contributed by atoms with Gasteiger partial charge in [0.15, 0.2) is 5.13 Å². The maximum absolute atomic E-state index is 6.20. The number of anilines is 1. The number of nitrogens with one attached hydrogen (secondary N) is 1. The summed E-state index contributed by atoms with van der Waals surface area (Å²) in [6.07, 6.45) is 7.31. The summed E-state index contributed by atoms with van der Waals surface area (Å²) in [6, 6.07) is 16.7. The zero-order chi connectivity index (χ0) is 18.5. The van der Waals surface area contributed by atoms with Gasteiger partial charge in [0.2, 0.25) is 0 Å². The van der Waals surface area contributed by atoms with Crippen LogP contribution >= 0.6 is 11.3 Å². The fraction of sp³-hybridized carbons (Fsp3) is 0.304. The van der Waals surface area contributed by atoms with E-state index in [1.54, 1.807) is 17.5 Å². The van der Waals surface area contributed by atoms with Gasteiger partial charge >= 0.3 is 0 Å². The molecule has 4 aromatic rings. The van der Waals surface area contributed by atoms with E-state index in [0.717, 1.165) is 49.6 Å². The summed E-state index contributed by atoms with van der Waals surface area (Å²) < 4.78 is 7.36. The second kappa shape index (κ2) is 6.45. The van der Waals surface area contributed by atoms with Gasteiger partial charge in [-0.1, -0.05) is 29.9 Å². The minimum absolute atomic E-state index is 0.609. The Kier molecular flexibility index (Phi) is 3.76. The summed E-state index contributed by atoms with van der Waals surface area (Å²) >= 11 is 1.73. The average molecular weight is 388 g/mol. The smallest absolute Gasteiger partial charge is 0.184 e. The van der Waals surface area contributed by atoms with Gasteiger partial charge in [0, 0.05) is 23.7 Å². The van der Waals surface area contributed by atoms with Crippen molar-refractivity contribution in [3.8, 4) is 11.5 Å². The van der Waals surface area contributed by atoms with Crippen LogP contribution in [0.1, 0.15) is 25.7 Å². The number of nitrogens with zero attached hydrogens (tertiary/aromatic N) is 2. The monoisotopic (exact) mass is 387 g/mol. The Morgan fingerprint density at radius 3 is 2.86 bits per heavy atom. The normalized spacial score (nSPS) is 23.5. The van der Waals surface area contributed by atoms with Crippen LogP contribution in [0, 0.1) is 11.8 Å². The van der Waals surface area contributed by atoms with Crippen molar-refractivity contribution in [1.29, 1.82) is 0 Å². The first-order valence-corrected chi connectivity index (χ1v) is 10.8. The lowest BCUT2D eigenvalue weighted by Crippen LogP contribution is -2.25. The zero-order valence-corrected chi connectivity index (χ0v) is 16.3. The number of rotatable bonds is 4. The predicted octanol–water partition coefficient (Wildman–Crippen LogP) is 6.24. The fourth-order valence-electron chi connectivity index (χ4n) is 4.90. The highest BCUT2D eigenvalue weighted by Gasteiger charge is 2.39. The molecule has 0 aliphatic heterocycles. The molecule has 3 atom stereocenters. The van der Waals surface area contributed by atoms with Gasteiger partial charge in [0.05, 0.1) is 15.7 Å². The van der Waals surface area contributed by atoms with Crippen molar-refractivity contribution >= 4 is 37.6 Å². The second-order valence-corrected chi connectivity index (χ2v) is 9.03. The molecule has 140 valence electrons. The van der Waals surface area contributed by atoms with Crippen LogP contribution in [0.15, 0.2) is 54.7 Å². The number of fused-ring (bicyclic) bond motifs is 4. The molecule has 0 saturated heterocycles. The minimum atomic E-state index is 0.609. The van der Waals surface area contributed by atoms with Gasteiger partial charge < -0.3 is 10.1 Å². The van der Waals surface area contributed by atoms with E-state index in [1.807, 2.05) is 36.4 Å². The third-order valence-electron chi connectivity index (χ3n) is 6.24. The average Bonchev–Trinajstić information content (AvgIpc) is 3.43. The Morgan fingerprint density at radius 2 is 1.96 bits per heavy atom. The number of hydrogen-bond acceptors (Lipinski definition) is 5. The van der Waals surface area contributed by atoms with Crippen LogP contribution in [0.4, 0.5) is 5.13 Å². The third kappa shape index (κ3) is 2.81. The van der Waals surface area contributed by atoms with Crippen LogP contribution in [0.25, 0.3) is 21.1 Å². The van der Waals surface area contributed by atoms with Crippen LogP contribution in [0.2, 0.25) is 0 Å². The first kappa shape index (κ1) is 16.3. The zero-order valence-electron chi connectivity index (χ0n) is 15.5. The van der Waals surface area contributed by atoms with Crippen molar-refractivity contribution in [2.75, 3.05) is 5.32 Å².